The number of halogens is 1. The molecule has 0 heterocycles. The predicted molar refractivity (Wildman–Crippen MR) is 119 cm³/mol. The van der Waals surface area contributed by atoms with Gasteiger partial charge in [-0.25, -0.2) is 0 Å². The Morgan fingerprint density at radius 1 is 1.00 bits per heavy atom. The highest BCUT2D eigenvalue weighted by molar-refractivity contribution is 6.30. The summed E-state index contributed by atoms with van der Waals surface area (Å²) in [5.41, 5.74) is 2.52. The van der Waals surface area contributed by atoms with Crippen LogP contribution in [0.4, 0.5) is 0 Å². The highest BCUT2D eigenvalue weighted by Crippen LogP contribution is 2.66. The van der Waals surface area contributed by atoms with Crippen molar-refractivity contribution in [2.45, 2.75) is 102 Å². The summed E-state index contributed by atoms with van der Waals surface area (Å²) in [4.78, 5) is 0. The van der Waals surface area contributed by atoms with E-state index in [0.29, 0.717) is 16.9 Å². The Hall–Kier alpha value is -0.530. The number of nitrogens with one attached hydrogen (secondary N) is 1. The van der Waals surface area contributed by atoms with Crippen LogP contribution in [0.25, 0.3) is 0 Å². The van der Waals surface area contributed by atoms with E-state index in [1.54, 1.807) is 5.56 Å². The van der Waals surface area contributed by atoms with Crippen LogP contribution in [0, 0.1) is 23.2 Å². The van der Waals surface area contributed by atoms with Crippen LogP contribution in [0.2, 0.25) is 5.02 Å². The summed E-state index contributed by atoms with van der Waals surface area (Å²) in [5.74, 6) is 2.87. The molecule has 28 heavy (non-hydrogen) atoms. The zero-order chi connectivity index (χ0) is 19.4. The maximum absolute atomic E-state index is 6.22. The summed E-state index contributed by atoms with van der Waals surface area (Å²) >= 11 is 6.22. The van der Waals surface area contributed by atoms with Crippen molar-refractivity contribution >= 4 is 11.6 Å². The SMILES string of the molecule is CCC1CCC(NC(C)C23CC4CC(CC(c5ccc(Cl)cc5)(C4)C2)C3)CC1. The van der Waals surface area contributed by atoms with Crippen molar-refractivity contribution in [2.24, 2.45) is 23.2 Å². The van der Waals surface area contributed by atoms with Crippen molar-refractivity contribution in [1.29, 1.82) is 0 Å². The smallest absolute Gasteiger partial charge is 0.0406 e. The molecular formula is C26H38ClN. The zero-order valence-corrected chi connectivity index (χ0v) is 18.6. The Bertz CT molecular complexity index is 673. The van der Waals surface area contributed by atoms with E-state index >= 15 is 0 Å². The van der Waals surface area contributed by atoms with Crippen LogP contribution in [0.3, 0.4) is 0 Å². The second-order valence-electron chi connectivity index (χ2n) is 11.1. The van der Waals surface area contributed by atoms with Crippen molar-refractivity contribution in [3.63, 3.8) is 0 Å². The maximum Gasteiger partial charge on any atom is 0.0406 e. The number of benzene rings is 1. The minimum absolute atomic E-state index is 0.421. The lowest BCUT2D eigenvalue weighted by Gasteiger charge is -2.64. The third kappa shape index (κ3) is 3.35. The molecule has 5 saturated carbocycles. The number of hydrogen-bond acceptors (Lipinski definition) is 1. The van der Waals surface area contributed by atoms with E-state index in [9.17, 15) is 0 Å². The lowest BCUT2D eigenvalue weighted by molar-refractivity contribution is -0.0902. The molecule has 5 fully saturated rings. The summed E-state index contributed by atoms with van der Waals surface area (Å²) in [5, 5.41) is 5.05. The molecule has 0 radical (unpaired) electrons. The molecular weight excluding hydrogens is 362 g/mol. The quantitative estimate of drug-likeness (QED) is 0.555. The molecule has 1 aromatic rings. The predicted octanol–water partition coefficient (Wildman–Crippen LogP) is 7.12. The Labute approximate surface area is 177 Å². The van der Waals surface area contributed by atoms with Crippen molar-refractivity contribution in [2.75, 3.05) is 0 Å². The van der Waals surface area contributed by atoms with Crippen LogP contribution in [0.5, 0.6) is 0 Å². The monoisotopic (exact) mass is 399 g/mol. The van der Waals surface area contributed by atoms with Gasteiger partial charge in [-0.2, -0.15) is 0 Å². The maximum atomic E-state index is 6.22. The summed E-state index contributed by atoms with van der Waals surface area (Å²) in [6.45, 7) is 4.90. The third-order valence-corrected chi connectivity index (χ3v) is 9.64. The molecule has 1 N–H and O–H groups in total. The van der Waals surface area contributed by atoms with E-state index in [-0.39, 0.29) is 0 Å². The molecule has 4 bridgehead atoms. The topological polar surface area (TPSA) is 12.0 Å². The van der Waals surface area contributed by atoms with E-state index < -0.39 is 0 Å². The van der Waals surface area contributed by atoms with Gasteiger partial charge in [-0.3, -0.25) is 0 Å². The first-order valence-corrected chi connectivity index (χ1v) is 12.4. The molecule has 1 nitrogen and oxygen atoms in total. The van der Waals surface area contributed by atoms with Gasteiger partial charge < -0.3 is 5.32 Å². The molecule has 0 aromatic heterocycles. The van der Waals surface area contributed by atoms with Crippen molar-refractivity contribution in [3.8, 4) is 0 Å². The molecule has 5 aliphatic carbocycles. The van der Waals surface area contributed by atoms with Gasteiger partial charge >= 0.3 is 0 Å². The molecule has 0 saturated heterocycles. The summed E-state index contributed by atoms with van der Waals surface area (Å²) in [6, 6.07) is 10.3. The first kappa shape index (κ1) is 19.4. The Balaban J connectivity index is 1.35. The lowest BCUT2D eigenvalue weighted by Crippen LogP contribution is -2.61. The molecule has 0 amide bonds. The van der Waals surface area contributed by atoms with E-state index in [4.69, 9.17) is 11.6 Å². The molecule has 0 spiro atoms. The van der Waals surface area contributed by atoms with Gasteiger partial charge in [0, 0.05) is 17.1 Å². The van der Waals surface area contributed by atoms with Crippen LogP contribution >= 0.6 is 11.6 Å². The van der Waals surface area contributed by atoms with Crippen LogP contribution in [-0.4, -0.2) is 12.1 Å². The molecule has 3 unspecified atom stereocenters. The van der Waals surface area contributed by atoms with Crippen LogP contribution in [0.15, 0.2) is 24.3 Å². The van der Waals surface area contributed by atoms with Gasteiger partial charge in [0.2, 0.25) is 0 Å². The molecule has 154 valence electrons. The van der Waals surface area contributed by atoms with Crippen LogP contribution in [-0.2, 0) is 5.41 Å². The summed E-state index contributed by atoms with van der Waals surface area (Å²) in [7, 11) is 0. The number of rotatable bonds is 5. The van der Waals surface area contributed by atoms with E-state index in [2.05, 4.69) is 43.4 Å². The average Bonchev–Trinajstić information content (AvgIpc) is 2.68. The normalized spacial score (nSPS) is 43.2. The Morgan fingerprint density at radius 2 is 1.64 bits per heavy atom. The third-order valence-electron chi connectivity index (χ3n) is 9.39. The van der Waals surface area contributed by atoms with Gasteiger partial charge in [-0.05, 0) is 117 Å². The van der Waals surface area contributed by atoms with Gasteiger partial charge in [0.1, 0.15) is 0 Å². The van der Waals surface area contributed by atoms with Gasteiger partial charge in [0.15, 0.2) is 0 Å². The van der Waals surface area contributed by atoms with Gasteiger partial charge in [-0.15, -0.1) is 0 Å². The minimum atomic E-state index is 0.421. The Morgan fingerprint density at radius 3 is 2.25 bits per heavy atom. The van der Waals surface area contributed by atoms with Crippen molar-refractivity contribution in [3.05, 3.63) is 34.9 Å². The standard InChI is InChI=1S/C26H38ClN/c1-3-19-4-10-24(11-5-19)28-18(2)25-13-20-12-21(14-25)16-26(15-20,17-25)22-6-8-23(27)9-7-22/h6-9,18-21,24,28H,3-5,10-17H2,1-2H3. The van der Waals surface area contributed by atoms with Crippen molar-refractivity contribution < 1.29 is 0 Å². The summed E-state index contributed by atoms with van der Waals surface area (Å²) < 4.78 is 0. The second-order valence-corrected chi connectivity index (χ2v) is 11.6. The molecule has 1 aromatic carbocycles. The highest BCUT2D eigenvalue weighted by atomic mass is 35.5. The molecule has 6 rings (SSSR count). The first-order chi connectivity index (χ1) is 13.5. The molecule has 3 atom stereocenters. The number of hydrogen-bond donors (Lipinski definition) is 1. The fraction of sp³-hybridized carbons (Fsp3) is 0.769. The van der Waals surface area contributed by atoms with Gasteiger partial charge in [-0.1, -0.05) is 37.1 Å². The van der Waals surface area contributed by atoms with Crippen LogP contribution < -0.4 is 5.32 Å². The van der Waals surface area contributed by atoms with Gasteiger partial charge in [0.25, 0.3) is 0 Å². The molecule has 5 aliphatic rings. The zero-order valence-electron chi connectivity index (χ0n) is 17.9. The first-order valence-electron chi connectivity index (χ1n) is 12.0. The van der Waals surface area contributed by atoms with Crippen LogP contribution in [0.1, 0.15) is 90.0 Å². The molecule has 2 heteroatoms. The van der Waals surface area contributed by atoms with E-state index in [0.717, 1.165) is 28.8 Å². The average molecular weight is 400 g/mol. The Kier molecular flexibility index (Phi) is 5.07. The van der Waals surface area contributed by atoms with E-state index in [1.807, 2.05) is 0 Å². The van der Waals surface area contributed by atoms with E-state index in [1.165, 1.54) is 70.6 Å². The minimum Gasteiger partial charge on any atom is -0.311 e. The lowest BCUT2D eigenvalue weighted by atomic mass is 9.41. The summed E-state index contributed by atoms with van der Waals surface area (Å²) in [6.07, 6.45) is 15.7. The highest BCUT2D eigenvalue weighted by Gasteiger charge is 2.59. The largest absolute Gasteiger partial charge is 0.311 e. The molecule has 0 aliphatic heterocycles. The van der Waals surface area contributed by atoms with Crippen molar-refractivity contribution in [1.82, 2.24) is 5.32 Å². The fourth-order valence-corrected chi connectivity index (χ4v) is 8.37. The second kappa shape index (κ2) is 7.31. The van der Waals surface area contributed by atoms with Gasteiger partial charge in [0.05, 0.1) is 0 Å². The fourth-order valence-electron chi connectivity index (χ4n) is 8.25.